The molecule has 8 heteroatoms. The average molecular weight is 463 g/mol. The number of anilines is 1. The molecule has 2 aliphatic rings. The van der Waals surface area contributed by atoms with Gasteiger partial charge in [-0.15, -0.1) is 0 Å². The summed E-state index contributed by atoms with van der Waals surface area (Å²) >= 11 is 12.1. The first-order chi connectivity index (χ1) is 15.1. The summed E-state index contributed by atoms with van der Waals surface area (Å²) in [4.78, 5) is 17.1. The van der Waals surface area contributed by atoms with Crippen LogP contribution in [-0.2, 0) is 9.53 Å². The highest BCUT2D eigenvalue weighted by Crippen LogP contribution is 2.35. The SMILES string of the molecule is COc1ccc(N2CC=C(c3ccc(Cl)c(Cl)c3)C2=O)cc1OCCN1CCOCC1. The Hall–Kier alpha value is -2.25. The van der Waals surface area contributed by atoms with E-state index in [2.05, 4.69) is 4.90 Å². The zero-order chi connectivity index (χ0) is 21.8. The van der Waals surface area contributed by atoms with Crippen molar-refractivity contribution in [2.75, 3.05) is 58.0 Å². The topological polar surface area (TPSA) is 51.2 Å². The van der Waals surface area contributed by atoms with Gasteiger partial charge in [-0.2, -0.15) is 0 Å². The van der Waals surface area contributed by atoms with E-state index in [1.165, 1.54) is 0 Å². The van der Waals surface area contributed by atoms with E-state index >= 15 is 0 Å². The smallest absolute Gasteiger partial charge is 0.258 e. The molecule has 164 valence electrons. The minimum absolute atomic E-state index is 0.0946. The lowest BCUT2D eigenvalue weighted by molar-refractivity contribution is -0.112. The van der Waals surface area contributed by atoms with Gasteiger partial charge in [0.15, 0.2) is 11.5 Å². The predicted molar refractivity (Wildman–Crippen MR) is 123 cm³/mol. The second-order valence-corrected chi connectivity index (χ2v) is 8.11. The van der Waals surface area contributed by atoms with Crippen LogP contribution >= 0.6 is 23.2 Å². The highest BCUT2D eigenvalue weighted by Gasteiger charge is 2.27. The Morgan fingerprint density at radius 1 is 1.03 bits per heavy atom. The highest BCUT2D eigenvalue weighted by atomic mass is 35.5. The van der Waals surface area contributed by atoms with E-state index in [0.717, 1.165) is 44.1 Å². The molecule has 0 radical (unpaired) electrons. The monoisotopic (exact) mass is 462 g/mol. The molecule has 0 N–H and O–H groups in total. The first-order valence-electron chi connectivity index (χ1n) is 10.1. The Morgan fingerprint density at radius 3 is 2.58 bits per heavy atom. The highest BCUT2D eigenvalue weighted by molar-refractivity contribution is 6.42. The second-order valence-electron chi connectivity index (χ2n) is 7.30. The van der Waals surface area contributed by atoms with Crippen LogP contribution in [0.2, 0.25) is 10.0 Å². The predicted octanol–water partition coefficient (Wildman–Crippen LogP) is 4.14. The van der Waals surface area contributed by atoms with Gasteiger partial charge < -0.3 is 19.1 Å². The third kappa shape index (κ3) is 4.99. The van der Waals surface area contributed by atoms with Crippen LogP contribution in [0.3, 0.4) is 0 Å². The van der Waals surface area contributed by atoms with Crippen molar-refractivity contribution in [3.8, 4) is 11.5 Å². The molecule has 2 aromatic carbocycles. The van der Waals surface area contributed by atoms with Crippen molar-refractivity contribution in [2.45, 2.75) is 0 Å². The van der Waals surface area contributed by atoms with Crippen LogP contribution in [0.1, 0.15) is 5.56 Å². The molecule has 0 atom stereocenters. The number of morpholine rings is 1. The molecule has 6 nitrogen and oxygen atoms in total. The van der Waals surface area contributed by atoms with Gasteiger partial charge in [0, 0.05) is 43.5 Å². The molecule has 1 saturated heterocycles. The fraction of sp³-hybridized carbons (Fsp3) is 0.348. The average Bonchev–Trinajstić information content (AvgIpc) is 3.17. The number of benzene rings is 2. The zero-order valence-electron chi connectivity index (χ0n) is 17.3. The summed E-state index contributed by atoms with van der Waals surface area (Å²) < 4.78 is 16.8. The van der Waals surface area contributed by atoms with E-state index in [9.17, 15) is 4.79 Å². The van der Waals surface area contributed by atoms with Gasteiger partial charge in [0.05, 0.1) is 30.4 Å². The number of ether oxygens (including phenoxy) is 3. The van der Waals surface area contributed by atoms with E-state index in [1.807, 2.05) is 24.3 Å². The van der Waals surface area contributed by atoms with Crippen molar-refractivity contribution in [3.05, 3.63) is 58.1 Å². The van der Waals surface area contributed by atoms with Crippen molar-refractivity contribution < 1.29 is 19.0 Å². The first kappa shape index (κ1) is 22.0. The van der Waals surface area contributed by atoms with Gasteiger partial charge in [0.1, 0.15) is 6.61 Å². The lowest BCUT2D eigenvalue weighted by atomic mass is 10.1. The number of carbonyl (C=O) groups excluding carboxylic acids is 1. The Morgan fingerprint density at radius 2 is 1.84 bits per heavy atom. The van der Waals surface area contributed by atoms with Crippen LogP contribution in [-0.4, -0.2) is 63.9 Å². The molecule has 0 aromatic heterocycles. The number of nitrogens with zero attached hydrogens (tertiary/aromatic N) is 2. The summed E-state index contributed by atoms with van der Waals surface area (Å²) in [5.74, 6) is 1.15. The van der Waals surface area contributed by atoms with E-state index in [4.69, 9.17) is 37.4 Å². The van der Waals surface area contributed by atoms with Gasteiger partial charge in [-0.05, 0) is 29.8 Å². The second kappa shape index (κ2) is 9.92. The molecular formula is C23H24Cl2N2O4. The maximum Gasteiger partial charge on any atom is 0.258 e. The summed E-state index contributed by atoms with van der Waals surface area (Å²) in [5, 5.41) is 0.883. The van der Waals surface area contributed by atoms with Crippen LogP contribution in [0, 0.1) is 0 Å². The quantitative estimate of drug-likeness (QED) is 0.618. The molecular weight excluding hydrogens is 439 g/mol. The van der Waals surface area contributed by atoms with Crippen LogP contribution < -0.4 is 14.4 Å². The lowest BCUT2D eigenvalue weighted by Gasteiger charge is -2.26. The minimum atomic E-state index is -0.0946. The third-order valence-corrected chi connectivity index (χ3v) is 6.15. The Labute approximate surface area is 191 Å². The Balaban J connectivity index is 1.46. The standard InChI is InChI=1S/C23H24Cl2N2O4/c1-29-21-5-3-17(15-22(21)31-13-10-26-8-11-30-12-9-26)27-7-6-18(23(27)28)16-2-4-19(24)20(25)14-16/h2-6,14-15H,7-13H2,1H3. The number of carbonyl (C=O) groups is 1. The Bertz CT molecular complexity index is 990. The number of methoxy groups -OCH3 is 1. The van der Waals surface area contributed by atoms with Gasteiger partial charge >= 0.3 is 0 Å². The molecule has 0 spiro atoms. The molecule has 0 unspecified atom stereocenters. The fourth-order valence-corrected chi connectivity index (χ4v) is 3.98. The molecule has 0 aliphatic carbocycles. The molecule has 4 rings (SSSR count). The van der Waals surface area contributed by atoms with Gasteiger partial charge in [0.2, 0.25) is 0 Å². The maximum atomic E-state index is 13.1. The summed E-state index contributed by atoms with van der Waals surface area (Å²) in [6.07, 6.45) is 1.89. The van der Waals surface area contributed by atoms with Gasteiger partial charge in [-0.1, -0.05) is 35.3 Å². The van der Waals surface area contributed by atoms with Crippen molar-refractivity contribution in [1.29, 1.82) is 0 Å². The number of halogens is 2. The van der Waals surface area contributed by atoms with Gasteiger partial charge in [0.25, 0.3) is 5.91 Å². The zero-order valence-corrected chi connectivity index (χ0v) is 18.8. The lowest BCUT2D eigenvalue weighted by Crippen LogP contribution is -2.38. The van der Waals surface area contributed by atoms with Crippen molar-refractivity contribution >= 4 is 40.4 Å². The number of rotatable bonds is 7. The maximum absolute atomic E-state index is 13.1. The summed E-state index contributed by atoms with van der Waals surface area (Å²) in [6.45, 7) is 5.13. The van der Waals surface area contributed by atoms with Crippen LogP contribution in [0.5, 0.6) is 11.5 Å². The van der Waals surface area contributed by atoms with Gasteiger partial charge in [-0.3, -0.25) is 9.69 Å². The molecule has 1 amide bonds. The molecule has 2 aromatic rings. The van der Waals surface area contributed by atoms with E-state index < -0.39 is 0 Å². The summed E-state index contributed by atoms with van der Waals surface area (Å²) in [5.41, 5.74) is 2.10. The largest absolute Gasteiger partial charge is 0.493 e. The summed E-state index contributed by atoms with van der Waals surface area (Å²) in [7, 11) is 1.61. The number of hydrogen-bond acceptors (Lipinski definition) is 5. The molecule has 1 fully saturated rings. The van der Waals surface area contributed by atoms with Crippen molar-refractivity contribution in [2.24, 2.45) is 0 Å². The van der Waals surface area contributed by atoms with Crippen molar-refractivity contribution in [1.82, 2.24) is 4.90 Å². The third-order valence-electron chi connectivity index (χ3n) is 5.41. The van der Waals surface area contributed by atoms with E-state index in [1.54, 1.807) is 30.2 Å². The minimum Gasteiger partial charge on any atom is -0.493 e. The molecule has 31 heavy (non-hydrogen) atoms. The first-order valence-corrected chi connectivity index (χ1v) is 10.9. The normalized spacial score (nSPS) is 17.1. The number of amides is 1. The van der Waals surface area contributed by atoms with E-state index in [0.29, 0.717) is 40.3 Å². The van der Waals surface area contributed by atoms with E-state index in [-0.39, 0.29) is 5.91 Å². The van der Waals surface area contributed by atoms with Crippen LogP contribution in [0.15, 0.2) is 42.5 Å². The molecule has 0 saturated carbocycles. The van der Waals surface area contributed by atoms with Gasteiger partial charge in [-0.25, -0.2) is 0 Å². The fourth-order valence-electron chi connectivity index (χ4n) is 3.68. The van der Waals surface area contributed by atoms with Crippen LogP contribution in [0.25, 0.3) is 5.57 Å². The number of hydrogen-bond donors (Lipinski definition) is 0. The summed E-state index contributed by atoms with van der Waals surface area (Å²) in [6, 6.07) is 10.7. The molecule has 2 heterocycles. The molecule has 0 bridgehead atoms. The molecule has 2 aliphatic heterocycles. The van der Waals surface area contributed by atoms with Crippen LogP contribution in [0.4, 0.5) is 5.69 Å². The van der Waals surface area contributed by atoms with Crippen molar-refractivity contribution in [3.63, 3.8) is 0 Å². The Kier molecular flexibility index (Phi) is 7.02.